The molecule has 0 unspecified atom stereocenters. The molecule has 0 spiro atoms. The van der Waals surface area contributed by atoms with Gasteiger partial charge in [-0.3, -0.25) is 14.4 Å². The van der Waals surface area contributed by atoms with Crippen LogP contribution in [0.5, 0.6) is 0 Å². The van der Waals surface area contributed by atoms with Crippen molar-refractivity contribution in [3.63, 3.8) is 0 Å². The third-order valence-corrected chi connectivity index (χ3v) is 4.00. The minimum absolute atomic E-state index is 0.0160. The van der Waals surface area contributed by atoms with E-state index in [0.29, 0.717) is 30.6 Å². The molecule has 0 aliphatic carbocycles. The van der Waals surface area contributed by atoms with E-state index in [4.69, 9.17) is 0 Å². The fourth-order valence-electron chi connectivity index (χ4n) is 2.74. The predicted octanol–water partition coefficient (Wildman–Crippen LogP) is 1.83. The van der Waals surface area contributed by atoms with Crippen molar-refractivity contribution in [2.24, 2.45) is 0 Å². The number of hydrogen-bond acceptors (Lipinski definition) is 3. The van der Waals surface area contributed by atoms with Crippen LogP contribution < -0.4 is 5.32 Å². The smallest absolute Gasteiger partial charge is 0.292 e. The highest BCUT2D eigenvalue weighted by atomic mass is 16.2. The molecule has 24 heavy (non-hydrogen) atoms. The number of likely N-dealkylation sites (N-methyl/N-ethyl adjacent to an activating group) is 2. The molecule has 128 valence electrons. The summed E-state index contributed by atoms with van der Waals surface area (Å²) in [5.41, 5.74) is 1.09. The monoisotopic (exact) mass is 329 g/mol. The summed E-state index contributed by atoms with van der Waals surface area (Å²) >= 11 is 0. The molecule has 0 aliphatic rings. The van der Waals surface area contributed by atoms with Gasteiger partial charge in [-0.25, -0.2) is 0 Å². The summed E-state index contributed by atoms with van der Waals surface area (Å²) in [5, 5.41) is 3.20. The van der Waals surface area contributed by atoms with Gasteiger partial charge in [-0.05, 0) is 26.8 Å². The first kappa shape index (κ1) is 17.7. The number of amides is 2. The summed E-state index contributed by atoms with van der Waals surface area (Å²) in [6, 6.07) is 7.30. The largest absolute Gasteiger partial charge is 0.349 e. The van der Waals surface area contributed by atoms with Crippen LogP contribution in [0.4, 0.5) is 0 Å². The molecule has 0 bridgehead atoms. The van der Waals surface area contributed by atoms with Gasteiger partial charge in [-0.2, -0.15) is 0 Å². The van der Waals surface area contributed by atoms with Gasteiger partial charge < -0.3 is 14.8 Å². The number of nitrogens with zero attached hydrogens (tertiary/aromatic N) is 2. The van der Waals surface area contributed by atoms with Crippen LogP contribution in [0.25, 0.3) is 10.9 Å². The van der Waals surface area contributed by atoms with Crippen molar-refractivity contribution in [1.29, 1.82) is 0 Å². The van der Waals surface area contributed by atoms with E-state index in [2.05, 4.69) is 5.32 Å². The fraction of sp³-hybridized carbons (Fsp3) is 0.389. The third kappa shape index (κ3) is 3.48. The number of Topliss-reactive ketones (excluding diaryl/α,β-unsaturated/α-hetero) is 1. The standard InChI is InChI=1S/C18H23N3O3/c1-4-19-18(24)17(23)14-11-21(12-16(22)20(5-2)6-3)15-10-8-7-9-13(14)15/h7-11H,4-6,12H2,1-3H3,(H,19,24). The molecule has 6 heteroatoms. The van der Waals surface area contributed by atoms with Crippen LogP contribution >= 0.6 is 0 Å². The number of carbonyl (C=O) groups is 3. The van der Waals surface area contributed by atoms with Crippen molar-refractivity contribution in [2.75, 3.05) is 19.6 Å². The lowest BCUT2D eigenvalue weighted by Crippen LogP contribution is -2.33. The Morgan fingerprint density at radius 2 is 1.75 bits per heavy atom. The minimum Gasteiger partial charge on any atom is -0.349 e. The Kier molecular flexibility index (Phi) is 5.73. The number of rotatable bonds is 7. The van der Waals surface area contributed by atoms with Crippen LogP contribution in [0.3, 0.4) is 0 Å². The van der Waals surface area contributed by atoms with Gasteiger partial charge in [0.1, 0.15) is 6.54 Å². The molecule has 1 heterocycles. The maximum Gasteiger partial charge on any atom is 0.292 e. The molecule has 1 aromatic carbocycles. The Hall–Kier alpha value is -2.63. The summed E-state index contributed by atoms with van der Waals surface area (Å²) < 4.78 is 1.74. The number of para-hydroxylation sites is 1. The molecular formula is C18H23N3O3. The second kappa shape index (κ2) is 7.77. The lowest BCUT2D eigenvalue weighted by Gasteiger charge is -2.19. The highest BCUT2D eigenvalue weighted by Crippen LogP contribution is 2.22. The number of ketones is 1. The normalized spacial score (nSPS) is 10.6. The molecule has 0 saturated carbocycles. The highest BCUT2D eigenvalue weighted by molar-refractivity contribution is 6.45. The maximum atomic E-state index is 12.4. The van der Waals surface area contributed by atoms with Gasteiger partial charge in [0.05, 0.1) is 5.56 Å². The molecule has 0 atom stereocenters. The van der Waals surface area contributed by atoms with Crippen LogP contribution in [0.1, 0.15) is 31.1 Å². The second-order valence-corrected chi connectivity index (χ2v) is 5.44. The lowest BCUT2D eigenvalue weighted by atomic mass is 10.1. The van der Waals surface area contributed by atoms with E-state index in [9.17, 15) is 14.4 Å². The first-order valence-electron chi connectivity index (χ1n) is 8.21. The second-order valence-electron chi connectivity index (χ2n) is 5.44. The summed E-state index contributed by atoms with van der Waals surface area (Å²) in [5.74, 6) is -1.23. The summed E-state index contributed by atoms with van der Waals surface area (Å²) in [6.07, 6.45) is 1.60. The molecule has 0 aliphatic heterocycles. The lowest BCUT2D eigenvalue weighted by molar-refractivity contribution is -0.131. The Morgan fingerprint density at radius 3 is 2.38 bits per heavy atom. The fourth-order valence-corrected chi connectivity index (χ4v) is 2.74. The van der Waals surface area contributed by atoms with Gasteiger partial charge in [0.2, 0.25) is 5.91 Å². The van der Waals surface area contributed by atoms with E-state index in [1.807, 2.05) is 32.0 Å². The Balaban J connectivity index is 2.40. The van der Waals surface area contributed by atoms with Crippen LogP contribution in [-0.2, 0) is 16.1 Å². The quantitative estimate of drug-likeness (QED) is 0.622. The third-order valence-electron chi connectivity index (χ3n) is 4.00. The van der Waals surface area contributed by atoms with Crippen molar-refractivity contribution in [3.05, 3.63) is 36.0 Å². The molecule has 6 nitrogen and oxygen atoms in total. The van der Waals surface area contributed by atoms with Gasteiger partial charge in [0.25, 0.3) is 11.7 Å². The average molecular weight is 329 g/mol. The zero-order valence-corrected chi connectivity index (χ0v) is 14.3. The molecule has 0 radical (unpaired) electrons. The van der Waals surface area contributed by atoms with Gasteiger partial charge in [0.15, 0.2) is 0 Å². The van der Waals surface area contributed by atoms with Gasteiger partial charge in [0, 0.05) is 36.7 Å². The first-order valence-corrected chi connectivity index (χ1v) is 8.21. The Labute approximate surface area is 141 Å². The summed E-state index contributed by atoms with van der Waals surface area (Å²) in [6.45, 7) is 7.43. The predicted molar refractivity (Wildman–Crippen MR) is 92.9 cm³/mol. The van der Waals surface area contributed by atoms with Crippen molar-refractivity contribution in [3.8, 4) is 0 Å². The van der Waals surface area contributed by atoms with Crippen LogP contribution in [-0.4, -0.2) is 46.7 Å². The van der Waals surface area contributed by atoms with Crippen LogP contribution in [0.2, 0.25) is 0 Å². The van der Waals surface area contributed by atoms with Gasteiger partial charge in [-0.1, -0.05) is 18.2 Å². The van der Waals surface area contributed by atoms with Crippen LogP contribution in [0, 0.1) is 0 Å². The number of carbonyl (C=O) groups excluding carboxylic acids is 3. The molecule has 2 aromatic rings. The minimum atomic E-state index is -0.629. The average Bonchev–Trinajstić information content (AvgIpc) is 2.94. The molecule has 1 aromatic heterocycles. The Morgan fingerprint density at radius 1 is 1.08 bits per heavy atom. The number of fused-ring (bicyclic) bond motifs is 1. The van der Waals surface area contributed by atoms with E-state index in [1.54, 1.807) is 28.7 Å². The zero-order chi connectivity index (χ0) is 17.7. The number of hydrogen-bond donors (Lipinski definition) is 1. The van der Waals surface area contributed by atoms with Crippen molar-refractivity contribution in [2.45, 2.75) is 27.3 Å². The van der Waals surface area contributed by atoms with Gasteiger partial charge in [-0.15, -0.1) is 0 Å². The molecule has 1 N–H and O–H groups in total. The highest BCUT2D eigenvalue weighted by Gasteiger charge is 2.22. The number of nitrogens with one attached hydrogen (secondary N) is 1. The van der Waals surface area contributed by atoms with E-state index in [0.717, 1.165) is 5.52 Å². The maximum absolute atomic E-state index is 12.4. The molecule has 0 fully saturated rings. The molecular weight excluding hydrogens is 306 g/mol. The number of benzene rings is 1. The first-order chi connectivity index (χ1) is 11.5. The van der Waals surface area contributed by atoms with E-state index >= 15 is 0 Å². The van der Waals surface area contributed by atoms with Gasteiger partial charge >= 0.3 is 0 Å². The van der Waals surface area contributed by atoms with Crippen molar-refractivity contribution >= 4 is 28.5 Å². The Bertz CT molecular complexity index is 760. The topological polar surface area (TPSA) is 71.4 Å². The molecule has 0 saturated heterocycles. The van der Waals surface area contributed by atoms with Crippen molar-refractivity contribution in [1.82, 2.24) is 14.8 Å². The van der Waals surface area contributed by atoms with E-state index in [1.165, 1.54) is 0 Å². The van der Waals surface area contributed by atoms with E-state index in [-0.39, 0.29) is 12.5 Å². The molecule has 2 rings (SSSR count). The summed E-state index contributed by atoms with van der Waals surface area (Å²) in [7, 11) is 0. The van der Waals surface area contributed by atoms with Crippen LogP contribution in [0.15, 0.2) is 30.5 Å². The van der Waals surface area contributed by atoms with Crippen molar-refractivity contribution < 1.29 is 14.4 Å². The number of aromatic nitrogens is 1. The SMILES string of the molecule is CCNC(=O)C(=O)c1cn(CC(=O)N(CC)CC)c2ccccc12. The molecule has 2 amide bonds. The zero-order valence-electron chi connectivity index (χ0n) is 14.3. The van der Waals surface area contributed by atoms with E-state index < -0.39 is 11.7 Å². The summed E-state index contributed by atoms with van der Waals surface area (Å²) in [4.78, 5) is 38.4.